The van der Waals surface area contributed by atoms with Crippen LogP contribution < -0.4 is 11.1 Å². The van der Waals surface area contributed by atoms with Crippen molar-refractivity contribution in [3.8, 4) is 0 Å². The van der Waals surface area contributed by atoms with E-state index in [1.807, 2.05) is 0 Å². The van der Waals surface area contributed by atoms with Crippen molar-refractivity contribution in [1.82, 2.24) is 4.90 Å². The highest BCUT2D eigenvalue weighted by atomic mass is 35.5. The van der Waals surface area contributed by atoms with Crippen molar-refractivity contribution in [1.29, 1.82) is 0 Å². The smallest absolute Gasteiger partial charge is 0.335 e. The number of primary amides is 1. The maximum atomic E-state index is 12.1. The summed E-state index contributed by atoms with van der Waals surface area (Å²) in [5.41, 5.74) is 5.26. The van der Waals surface area contributed by atoms with Crippen molar-refractivity contribution in [3.63, 3.8) is 0 Å². The van der Waals surface area contributed by atoms with Crippen LogP contribution in [-0.2, 0) is 4.79 Å². The van der Waals surface area contributed by atoms with E-state index in [0.717, 1.165) is 0 Å². The van der Waals surface area contributed by atoms with Gasteiger partial charge in [-0.3, -0.25) is 4.79 Å². The molecule has 1 aromatic carbocycles. The van der Waals surface area contributed by atoms with Gasteiger partial charge in [0.15, 0.2) is 0 Å². The zero-order valence-electron chi connectivity index (χ0n) is 11.6. The molecule has 114 valence electrons. The average Bonchev–Trinajstić information content (AvgIpc) is 2.34. The number of anilines is 1. The summed E-state index contributed by atoms with van der Waals surface area (Å²) in [6.45, 7) is 3.21. The van der Waals surface area contributed by atoms with Crippen molar-refractivity contribution in [2.24, 2.45) is 5.73 Å². The van der Waals surface area contributed by atoms with Crippen LogP contribution in [0.15, 0.2) is 18.2 Å². The van der Waals surface area contributed by atoms with E-state index in [9.17, 15) is 14.4 Å². The summed E-state index contributed by atoms with van der Waals surface area (Å²) in [7, 11) is 0. The van der Waals surface area contributed by atoms with Gasteiger partial charge in [-0.2, -0.15) is 0 Å². The highest BCUT2D eigenvalue weighted by Crippen LogP contribution is 2.20. The molecule has 0 heterocycles. The molecule has 0 aliphatic carbocycles. The van der Waals surface area contributed by atoms with Crippen molar-refractivity contribution in [2.75, 3.05) is 11.9 Å². The summed E-state index contributed by atoms with van der Waals surface area (Å²) < 4.78 is 0. The van der Waals surface area contributed by atoms with Gasteiger partial charge in [0.25, 0.3) is 0 Å². The van der Waals surface area contributed by atoms with Gasteiger partial charge in [0.05, 0.1) is 5.56 Å². The number of aromatic carboxylic acids is 1. The molecule has 0 saturated heterocycles. The lowest BCUT2D eigenvalue weighted by molar-refractivity contribution is -0.118. The van der Waals surface area contributed by atoms with Gasteiger partial charge in [0.1, 0.15) is 6.54 Å². The molecule has 21 heavy (non-hydrogen) atoms. The van der Waals surface area contributed by atoms with E-state index >= 15 is 0 Å². The number of nitrogens with one attached hydrogen (secondary N) is 1. The fraction of sp³-hybridized carbons (Fsp3) is 0.308. The maximum Gasteiger partial charge on any atom is 0.335 e. The van der Waals surface area contributed by atoms with Crippen molar-refractivity contribution in [3.05, 3.63) is 28.8 Å². The molecule has 0 fully saturated rings. The first-order chi connectivity index (χ1) is 9.70. The van der Waals surface area contributed by atoms with Gasteiger partial charge in [0.2, 0.25) is 5.91 Å². The minimum atomic E-state index is -1.16. The Morgan fingerprint density at radius 1 is 1.33 bits per heavy atom. The molecule has 0 atom stereocenters. The Labute approximate surface area is 126 Å². The van der Waals surface area contributed by atoms with E-state index in [4.69, 9.17) is 22.4 Å². The van der Waals surface area contributed by atoms with Crippen molar-refractivity contribution < 1.29 is 19.5 Å². The number of halogens is 1. The number of hydrogen-bond acceptors (Lipinski definition) is 3. The molecular weight excluding hydrogens is 298 g/mol. The highest BCUT2D eigenvalue weighted by Gasteiger charge is 2.19. The van der Waals surface area contributed by atoms with Gasteiger partial charge in [-0.05, 0) is 32.0 Å². The van der Waals surface area contributed by atoms with Gasteiger partial charge in [-0.15, -0.1) is 0 Å². The number of carboxylic acids is 1. The second kappa shape index (κ2) is 6.94. The number of benzene rings is 1. The third-order valence-electron chi connectivity index (χ3n) is 2.61. The summed E-state index contributed by atoms with van der Waals surface area (Å²) in [6, 6.07) is 3.13. The summed E-state index contributed by atoms with van der Waals surface area (Å²) in [4.78, 5) is 35.2. The fourth-order valence-electron chi connectivity index (χ4n) is 1.64. The standard InChI is InChI=1S/C13H16ClN3O4/c1-7(2)17(6-11(15)18)13(21)16-10-4-8(12(19)20)3-9(14)5-10/h3-5,7H,6H2,1-2H3,(H2,15,18)(H,16,21)(H,19,20). The largest absolute Gasteiger partial charge is 0.478 e. The molecule has 0 radical (unpaired) electrons. The minimum absolute atomic E-state index is 0.0520. The maximum absolute atomic E-state index is 12.1. The van der Waals surface area contributed by atoms with E-state index < -0.39 is 17.9 Å². The van der Waals surface area contributed by atoms with E-state index in [1.54, 1.807) is 13.8 Å². The lowest BCUT2D eigenvalue weighted by atomic mass is 10.2. The summed E-state index contributed by atoms with van der Waals surface area (Å²) >= 11 is 5.80. The zero-order valence-corrected chi connectivity index (χ0v) is 12.3. The number of urea groups is 1. The van der Waals surface area contributed by atoms with Crippen LogP contribution in [0, 0.1) is 0 Å². The lowest BCUT2D eigenvalue weighted by Crippen LogP contribution is -2.45. The number of carboxylic acid groups (broad SMARTS) is 1. The monoisotopic (exact) mass is 313 g/mol. The highest BCUT2D eigenvalue weighted by molar-refractivity contribution is 6.31. The minimum Gasteiger partial charge on any atom is -0.478 e. The molecule has 0 unspecified atom stereocenters. The number of carbonyl (C=O) groups is 3. The average molecular weight is 314 g/mol. The van der Waals surface area contributed by atoms with Crippen LogP contribution in [0.1, 0.15) is 24.2 Å². The second-order valence-corrected chi connectivity index (χ2v) is 5.09. The quantitative estimate of drug-likeness (QED) is 0.768. The number of hydrogen-bond donors (Lipinski definition) is 3. The summed E-state index contributed by atoms with van der Waals surface area (Å²) in [5, 5.41) is 11.6. The molecule has 0 aromatic heterocycles. The second-order valence-electron chi connectivity index (χ2n) is 4.65. The van der Waals surface area contributed by atoms with Gasteiger partial charge >= 0.3 is 12.0 Å². The Balaban J connectivity index is 2.95. The Hall–Kier alpha value is -2.28. The number of carbonyl (C=O) groups excluding carboxylic acids is 2. The third-order valence-corrected chi connectivity index (χ3v) is 2.82. The van der Waals surface area contributed by atoms with Crippen LogP contribution in [0.2, 0.25) is 5.02 Å². The Bertz CT molecular complexity index is 575. The van der Waals surface area contributed by atoms with Gasteiger partial charge < -0.3 is 21.1 Å². The number of rotatable bonds is 5. The molecule has 1 rings (SSSR count). The molecule has 0 bridgehead atoms. The van der Waals surface area contributed by atoms with Crippen molar-refractivity contribution in [2.45, 2.75) is 19.9 Å². The van der Waals surface area contributed by atoms with Crippen LogP contribution in [0.4, 0.5) is 10.5 Å². The number of amides is 3. The summed E-state index contributed by atoms with van der Waals surface area (Å²) in [6.07, 6.45) is 0. The van der Waals surface area contributed by atoms with Crippen LogP contribution in [-0.4, -0.2) is 40.5 Å². The molecule has 0 aliphatic rings. The molecule has 0 spiro atoms. The zero-order chi connectivity index (χ0) is 16.2. The predicted octanol–water partition coefficient (Wildman–Crippen LogP) is 1.77. The Kier molecular flexibility index (Phi) is 5.54. The van der Waals surface area contributed by atoms with Crippen molar-refractivity contribution >= 4 is 35.2 Å². The van der Waals surface area contributed by atoms with Gasteiger partial charge in [0, 0.05) is 16.8 Å². The predicted molar refractivity (Wildman–Crippen MR) is 78.5 cm³/mol. The molecule has 3 amide bonds. The van der Waals surface area contributed by atoms with E-state index in [0.29, 0.717) is 0 Å². The molecule has 0 saturated carbocycles. The molecule has 4 N–H and O–H groups in total. The SMILES string of the molecule is CC(C)N(CC(N)=O)C(=O)Nc1cc(Cl)cc(C(=O)O)c1. The number of nitrogens with two attached hydrogens (primary N) is 1. The van der Waals surface area contributed by atoms with Gasteiger partial charge in [-0.25, -0.2) is 9.59 Å². The molecule has 8 heteroatoms. The van der Waals surface area contributed by atoms with Crippen LogP contribution in [0.5, 0.6) is 0 Å². The van der Waals surface area contributed by atoms with E-state index in [-0.39, 0.29) is 28.9 Å². The number of nitrogens with zero attached hydrogens (tertiary/aromatic N) is 1. The van der Waals surface area contributed by atoms with Crippen LogP contribution in [0.3, 0.4) is 0 Å². The van der Waals surface area contributed by atoms with E-state index in [2.05, 4.69) is 5.32 Å². The summed E-state index contributed by atoms with van der Waals surface area (Å²) in [5.74, 6) is -1.80. The normalized spacial score (nSPS) is 10.3. The van der Waals surface area contributed by atoms with E-state index in [1.165, 1.54) is 23.1 Å². The molecule has 1 aromatic rings. The third kappa shape index (κ3) is 4.96. The van der Waals surface area contributed by atoms with Crippen LogP contribution in [0.25, 0.3) is 0 Å². The fourth-order valence-corrected chi connectivity index (χ4v) is 1.87. The first kappa shape index (κ1) is 16.8. The topological polar surface area (TPSA) is 113 Å². The molecule has 0 aliphatic heterocycles. The van der Waals surface area contributed by atoms with Gasteiger partial charge in [-0.1, -0.05) is 11.6 Å². The van der Waals surface area contributed by atoms with Crippen LogP contribution >= 0.6 is 11.6 Å². The first-order valence-corrected chi connectivity index (χ1v) is 6.48. The lowest BCUT2D eigenvalue weighted by Gasteiger charge is -2.25. The first-order valence-electron chi connectivity index (χ1n) is 6.10. The Morgan fingerprint density at radius 2 is 1.95 bits per heavy atom. The molecule has 7 nitrogen and oxygen atoms in total. The molecular formula is C13H16ClN3O4. The Morgan fingerprint density at radius 3 is 2.43 bits per heavy atom.